The Morgan fingerprint density at radius 3 is 2.48 bits per heavy atom. The smallest absolute Gasteiger partial charge is 0.274 e. The van der Waals surface area contributed by atoms with Crippen LogP contribution in [-0.4, -0.2) is 15.9 Å². The predicted octanol–water partition coefficient (Wildman–Crippen LogP) is 4.06. The maximum absolute atomic E-state index is 13.8. The van der Waals surface area contributed by atoms with Gasteiger partial charge in [0.15, 0.2) is 0 Å². The average molecular weight is 340 g/mol. The van der Waals surface area contributed by atoms with Gasteiger partial charge in [-0.15, -0.1) is 0 Å². The first-order chi connectivity index (χ1) is 12.0. The third-order valence-electron chi connectivity index (χ3n) is 3.30. The Bertz CT molecular complexity index is 916. The molecule has 0 radical (unpaired) electrons. The van der Waals surface area contributed by atoms with Gasteiger partial charge in [0.05, 0.1) is 5.69 Å². The highest BCUT2D eigenvalue weighted by Gasteiger charge is 2.12. The second-order valence-corrected chi connectivity index (χ2v) is 5.25. The van der Waals surface area contributed by atoms with Gasteiger partial charge in [-0.25, -0.2) is 18.7 Å². The molecule has 126 valence electrons. The summed E-state index contributed by atoms with van der Waals surface area (Å²) in [5.74, 6) is -1.28. The van der Waals surface area contributed by atoms with Crippen molar-refractivity contribution in [1.82, 2.24) is 9.97 Å². The number of nitrogens with zero attached hydrogens (tertiary/aromatic N) is 2. The lowest BCUT2D eigenvalue weighted by atomic mass is 10.2. The van der Waals surface area contributed by atoms with Gasteiger partial charge in [-0.3, -0.25) is 4.79 Å². The van der Waals surface area contributed by atoms with Crippen molar-refractivity contribution in [3.05, 3.63) is 77.8 Å². The van der Waals surface area contributed by atoms with E-state index in [-0.39, 0.29) is 17.2 Å². The summed E-state index contributed by atoms with van der Waals surface area (Å²) in [5.41, 5.74) is 0.804. The van der Waals surface area contributed by atoms with E-state index in [2.05, 4.69) is 20.6 Å². The fourth-order valence-electron chi connectivity index (χ4n) is 2.19. The Kier molecular flexibility index (Phi) is 4.65. The highest BCUT2D eigenvalue weighted by Crippen LogP contribution is 2.20. The van der Waals surface area contributed by atoms with Crippen molar-refractivity contribution in [3.63, 3.8) is 0 Å². The largest absolute Gasteiger partial charge is 0.338 e. The Labute approximate surface area is 142 Å². The van der Waals surface area contributed by atoms with Crippen LogP contribution in [0.15, 0.2) is 54.6 Å². The number of benzene rings is 2. The summed E-state index contributed by atoms with van der Waals surface area (Å²) >= 11 is 0. The average Bonchev–Trinajstić information content (AvgIpc) is 2.58. The number of aromatic nitrogens is 2. The molecule has 3 rings (SSSR count). The molecule has 25 heavy (non-hydrogen) atoms. The molecule has 2 N–H and O–H groups in total. The van der Waals surface area contributed by atoms with Crippen LogP contribution in [0.25, 0.3) is 0 Å². The van der Waals surface area contributed by atoms with E-state index in [9.17, 15) is 13.6 Å². The monoisotopic (exact) mass is 340 g/mol. The van der Waals surface area contributed by atoms with Crippen molar-refractivity contribution in [2.75, 3.05) is 10.6 Å². The molecule has 0 aliphatic heterocycles. The normalized spacial score (nSPS) is 10.4. The molecule has 2 aromatic carbocycles. The molecule has 0 atom stereocenters. The molecular weight excluding hydrogens is 326 g/mol. The van der Waals surface area contributed by atoms with E-state index in [4.69, 9.17) is 0 Å². The molecule has 0 unspecified atom stereocenters. The van der Waals surface area contributed by atoms with Gasteiger partial charge in [0.1, 0.15) is 29.0 Å². The van der Waals surface area contributed by atoms with Crippen molar-refractivity contribution in [2.24, 2.45) is 0 Å². The molecule has 0 aliphatic carbocycles. The van der Waals surface area contributed by atoms with Gasteiger partial charge in [0, 0.05) is 17.8 Å². The first kappa shape index (κ1) is 16.5. The summed E-state index contributed by atoms with van der Waals surface area (Å²) < 4.78 is 26.7. The molecule has 0 spiro atoms. The van der Waals surface area contributed by atoms with E-state index in [1.165, 1.54) is 12.1 Å². The molecule has 5 nitrogen and oxygen atoms in total. The minimum absolute atomic E-state index is 0.0499. The lowest BCUT2D eigenvalue weighted by molar-refractivity contribution is 0.102. The Morgan fingerprint density at radius 2 is 1.76 bits per heavy atom. The van der Waals surface area contributed by atoms with Gasteiger partial charge in [-0.1, -0.05) is 18.2 Å². The molecule has 3 aromatic rings. The molecule has 1 amide bonds. The summed E-state index contributed by atoms with van der Waals surface area (Å²) in [7, 11) is 0. The van der Waals surface area contributed by atoms with Crippen LogP contribution in [0.3, 0.4) is 0 Å². The molecule has 1 aromatic heterocycles. The van der Waals surface area contributed by atoms with Gasteiger partial charge in [-0.05, 0) is 31.2 Å². The number of nitrogens with one attached hydrogen (secondary N) is 2. The fraction of sp³-hybridized carbons (Fsp3) is 0.0556. The van der Waals surface area contributed by atoms with Gasteiger partial charge in [-0.2, -0.15) is 0 Å². The van der Waals surface area contributed by atoms with Gasteiger partial charge >= 0.3 is 0 Å². The van der Waals surface area contributed by atoms with Crippen molar-refractivity contribution in [2.45, 2.75) is 6.92 Å². The first-order valence-corrected chi connectivity index (χ1v) is 7.45. The molecule has 0 saturated carbocycles. The van der Waals surface area contributed by atoms with Crippen LogP contribution < -0.4 is 10.6 Å². The number of hydrogen-bond acceptors (Lipinski definition) is 4. The lowest BCUT2D eigenvalue weighted by Crippen LogP contribution is -2.15. The second kappa shape index (κ2) is 7.04. The van der Waals surface area contributed by atoms with Gasteiger partial charge in [0.25, 0.3) is 5.91 Å². The number of para-hydroxylation sites is 1. The van der Waals surface area contributed by atoms with Crippen LogP contribution in [-0.2, 0) is 0 Å². The zero-order chi connectivity index (χ0) is 17.8. The summed E-state index contributed by atoms with van der Waals surface area (Å²) in [6.45, 7) is 1.62. The highest BCUT2D eigenvalue weighted by atomic mass is 19.1. The summed E-state index contributed by atoms with van der Waals surface area (Å²) in [6.07, 6.45) is 0. The highest BCUT2D eigenvalue weighted by molar-refractivity contribution is 6.03. The summed E-state index contributed by atoms with van der Waals surface area (Å²) in [4.78, 5) is 20.5. The van der Waals surface area contributed by atoms with E-state index in [1.54, 1.807) is 31.2 Å². The van der Waals surface area contributed by atoms with Crippen molar-refractivity contribution >= 4 is 23.1 Å². The van der Waals surface area contributed by atoms with Gasteiger partial charge in [0.2, 0.25) is 0 Å². The number of carbonyl (C=O) groups is 1. The van der Waals surface area contributed by atoms with E-state index in [1.807, 2.05) is 6.07 Å². The third kappa shape index (κ3) is 4.14. The minimum atomic E-state index is -0.758. The van der Waals surface area contributed by atoms with Crippen molar-refractivity contribution in [3.8, 4) is 0 Å². The molecule has 7 heteroatoms. The maximum Gasteiger partial charge on any atom is 0.274 e. The summed E-state index contributed by atoms with van der Waals surface area (Å²) in [6, 6.07) is 13.5. The number of rotatable bonds is 4. The minimum Gasteiger partial charge on any atom is -0.338 e. The molecule has 0 aliphatic rings. The van der Waals surface area contributed by atoms with E-state index in [0.29, 0.717) is 11.5 Å². The number of amides is 1. The van der Waals surface area contributed by atoms with Crippen LogP contribution in [0.2, 0.25) is 0 Å². The SMILES string of the molecule is Cc1nc(Nc2ccc(F)cc2F)cc(C(=O)Nc2ccccc2)n1. The predicted molar refractivity (Wildman–Crippen MR) is 90.8 cm³/mol. The van der Waals surface area contributed by atoms with Crippen molar-refractivity contribution < 1.29 is 13.6 Å². The molecular formula is C18H14F2N4O. The lowest BCUT2D eigenvalue weighted by Gasteiger charge is -2.10. The topological polar surface area (TPSA) is 66.9 Å². The van der Waals surface area contributed by atoms with Crippen LogP contribution in [0, 0.1) is 18.6 Å². The molecule has 0 fully saturated rings. The van der Waals surface area contributed by atoms with E-state index in [0.717, 1.165) is 12.1 Å². The standard InChI is InChI=1S/C18H14F2N4O/c1-11-21-16(18(25)23-13-5-3-2-4-6-13)10-17(22-11)24-15-8-7-12(19)9-14(15)20/h2-10H,1H3,(H,23,25)(H,21,22,24). The van der Waals surface area contributed by atoms with Crippen LogP contribution in [0.4, 0.5) is 26.0 Å². The quantitative estimate of drug-likeness (QED) is 0.752. The molecule has 0 bridgehead atoms. The molecule has 0 saturated heterocycles. The van der Waals surface area contributed by atoms with Crippen LogP contribution in [0.5, 0.6) is 0 Å². The number of carbonyl (C=O) groups excluding carboxylic acids is 1. The number of anilines is 3. The zero-order valence-electron chi connectivity index (χ0n) is 13.3. The molecule has 1 heterocycles. The zero-order valence-corrected chi connectivity index (χ0v) is 13.3. The number of hydrogen-bond donors (Lipinski definition) is 2. The van der Waals surface area contributed by atoms with Crippen LogP contribution >= 0.6 is 0 Å². The Morgan fingerprint density at radius 1 is 1.00 bits per heavy atom. The number of halogens is 2. The Balaban J connectivity index is 1.84. The van der Waals surface area contributed by atoms with E-state index < -0.39 is 17.5 Å². The first-order valence-electron chi connectivity index (χ1n) is 7.45. The van der Waals surface area contributed by atoms with Crippen LogP contribution in [0.1, 0.15) is 16.3 Å². The fourth-order valence-corrected chi connectivity index (χ4v) is 2.19. The van der Waals surface area contributed by atoms with Gasteiger partial charge < -0.3 is 10.6 Å². The second-order valence-electron chi connectivity index (χ2n) is 5.25. The third-order valence-corrected chi connectivity index (χ3v) is 3.30. The number of aryl methyl sites for hydroxylation is 1. The summed E-state index contributed by atoms with van der Waals surface area (Å²) in [5, 5.41) is 5.44. The van der Waals surface area contributed by atoms with E-state index >= 15 is 0 Å². The Hall–Kier alpha value is -3.35. The van der Waals surface area contributed by atoms with Crippen molar-refractivity contribution in [1.29, 1.82) is 0 Å². The maximum atomic E-state index is 13.8.